The molecule has 6 aromatic rings. The predicted molar refractivity (Wildman–Crippen MR) is 232 cm³/mol. The first kappa shape index (κ1) is 34.2. The van der Waals surface area contributed by atoms with E-state index in [4.69, 9.17) is 4.74 Å². The molecule has 2 nitrogen and oxygen atoms in total. The summed E-state index contributed by atoms with van der Waals surface area (Å²) in [6.07, 6.45) is 9.16. The molecule has 0 amide bonds. The Morgan fingerprint density at radius 1 is 0.464 bits per heavy atom. The lowest BCUT2D eigenvalue weighted by Crippen LogP contribution is -2.57. The second kappa shape index (κ2) is 12.5. The maximum atomic E-state index is 7.27. The van der Waals surface area contributed by atoms with Gasteiger partial charge < -0.3 is 9.64 Å². The first-order chi connectivity index (χ1) is 27.2. The first-order valence-corrected chi connectivity index (χ1v) is 21.3. The van der Waals surface area contributed by atoms with Crippen molar-refractivity contribution in [2.24, 2.45) is 23.7 Å². The fraction of sp³-hybridized carbons (Fsp3) is 0.333. The van der Waals surface area contributed by atoms with Crippen molar-refractivity contribution in [2.75, 3.05) is 4.90 Å². The molecule has 0 radical (unpaired) electrons. The highest BCUT2D eigenvalue weighted by Crippen LogP contribution is 2.69. The van der Waals surface area contributed by atoms with Crippen LogP contribution < -0.4 is 9.64 Å². The monoisotopic (exact) mass is 731 g/mol. The molecule has 0 atom stereocenters. The molecule has 1 heterocycles. The minimum absolute atomic E-state index is 0.00975. The summed E-state index contributed by atoms with van der Waals surface area (Å²) < 4.78 is 7.27. The number of anilines is 3. The van der Waals surface area contributed by atoms with Crippen LogP contribution in [0, 0.1) is 23.7 Å². The van der Waals surface area contributed by atoms with Gasteiger partial charge in [-0.05, 0) is 143 Å². The molecular formula is C54H53NO. The topological polar surface area (TPSA) is 12.5 Å². The van der Waals surface area contributed by atoms with Crippen LogP contribution in [0.5, 0.6) is 11.5 Å². The molecule has 1 spiro atoms. The van der Waals surface area contributed by atoms with E-state index in [-0.39, 0.29) is 16.2 Å². The summed E-state index contributed by atoms with van der Waals surface area (Å²) in [6, 6.07) is 52.4. The van der Waals surface area contributed by atoms with E-state index < -0.39 is 0 Å². The molecule has 6 aliphatic rings. The minimum atomic E-state index is -0.00975. The zero-order chi connectivity index (χ0) is 37.8. The number of ether oxygens (including phenoxy) is 1. The molecular weight excluding hydrogens is 679 g/mol. The van der Waals surface area contributed by atoms with Gasteiger partial charge in [-0.3, -0.25) is 0 Å². The molecule has 4 bridgehead atoms. The van der Waals surface area contributed by atoms with Gasteiger partial charge in [0.05, 0.1) is 5.69 Å². The van der Waals surface area contributed by atoms with Crippen LogP contribution in [0.1, 0.15) is 94.9 Å². The van der Waals surface area contributed by atoms with E-state index in [0.717, 1.165) is 35.4 Å². The highest BCUT2D eigenvalue weighted by molar-refractivity contribution is 5.83. The van der Waals surface area contributed by atoms with Gasteiger partial charge in [0.2, 0.25) is 0 Å². The Kier molecular flexibility index (Phi) is 7.61. The molecule has 2 heteroatoms. The van der Waals surface area contributed by atoms with Gasteiger partial charge in [0.1, 0.15) is 11.5 Å². The van der Waals surface area contributed by atoms with Gasteiger partial charge in [-0.15, -0.1) is 0 Å². The van der Waals surface area contributed by atoms with Crippen molar-refractivity contribution in [3.63, 3.8) is 0 Å². The van der Waals surface area contributed by atoms with Crippen molar-refractivity contribution < 1.29 is 4.74 Å². The zero-order valence-corrected chi connectivity index (χ0v) is 33.4. The molecule has 1 aliphatic heterocycles. The number of benzene rings is 6. The van der Waals surface area contributed by atoms with E-state index in [1.165, 1.54) is 94.4 Å². The molecule has 12 rings (SSSR count). The summed E-state index contributed by atoms with van der Waals surface area (Å²) in [7, 11) is 0. The van der Waals surface area contributed by atoms with Crippen molar-refractivity contribution in [1.82, 2.24) is 0 Å². The van der Waals surface area contributed by atoms with E-state index in [1.54, 1.807) is 0 Å². The van der Waals surface area contributed by atoms with Gasteiger partial charge in [-0.1, -0.05) is 131 Å². The van der Waals surface area contributed by atoms with Gasteiger partial charge in [-0.25, -0.2) is 0 Å². The largest absolute Gasteiger partial charge is 0.457 e. The van der Waals surface area contributed by atoms with Crippen LogP contribution in [0.25, 0.3) is 22.3 Å². The molecule has 0 N–H and O–H groups in total. The normalized spacial score (nSPS) is 25.9. The smallest absolute Gasteiger partial charge is 0.133 e. The van der Waals surface area contributed by atoms with Gasteiger partial charge >= 0.3 is 0 Å². The Hall–Kier alpha value is -5.08. The first-order valence-electron chi connectivity index (χ1n) is 21.3. The third kappa shape index (κ3) is 5.13. The van der Waals surface area contributed by atoms with Crippen LogP contribution >= 0.6 is 0 Å². The number of hydrogen-bond donors (Lipinski definition) is 0. The molecule has 5 aliphatic carbocycles. The van der Waals surface area contributed by atoms with Crippen LogP contribution in [-0.4, -0.2) is 0 Å². The fourth-order valence-electron chi connectivity index (χ4n) is 12.7. The molecule has 0 unspecified atom stereocenters. The Bertz CT molecular complexity index is 2430. The maximum Gasteiger partial charge on any atom is 0.133 e. The Morgan fingerprint density at radius 3 is 1.66 bits per heavy atom. The average Bonchev–Trinajstić information content (AvgIpc) is 3.21. The molecule has 4 saturated carbocycles. The maximum absolute atomic E-state index is 7.27. The lowest BCUT2D eigenvalue weighted by molar-refractivity contribution is -0.0452. The fourth-order valence-corrected chi connectivity index (χ4v) is 12.7. The number of rotatable bonds is 5. The molecule has 0 aromatic heterocycles. The van der Waals surface area contributed by atoms with E-state index >= 15 is 0 Å². The summed E-state index contributed by atoms with van der Waals surface area (Å²) in [4.78, 5) is 2.54. The second-order valence-corrected chi connectivity index (χ2v) is 19.2. The van der Waals surface area contributed by atoms with Crippen molar-refractivity contribution in [3.05, 3.63) is 162 Å². The van der Waals surface area contributed by atoms with E-state index in [0.29, 0.717) is 11.8 Å². The Morgan fingerprint density at radius 2 is 1.00 bits per heavy atom. The van der Waals surface area contributed by atoms with Crippen molar-refractivity contribution in [1.29, 1.82) is 0 Å². The van der Waals surface area contributed by atoms with Gasteiger partial charge in [0.25, 0.3) is 0 Å². The number of hydrogen-bond acceptors (Lipinski definition) is 2. The Labute approximate surface area is 333 Å². The summed E-state index contributed by atoms with van der Waals surface area (Å²) >= 11 is 0. The quantitative estimate of drug-likeness (QED) is 0.175. The Balaban J connectivity index is 1.11. The minimum Gasteiger partial charge on any atom is -0.457 e. The molecule has 280 valence electrons. The van der Waals surface area contributed by atoms with Crippen LogP contribution in [0.2, 0.25) is 0 Å². The van der Waals surface area contributed by atoms with Crippen molar-refractivity contribution >= 4 is 17.1 Å². The predicted octanol–water partition coefficient (Wildman–Crippen LogP) is 14.7. The SMILES string of the molecule is CC1(C)CCC(C)(C)c2c(N(c3ccc(-c4ccccc4)cc3)c3ccc4c(c3)Oc3cc(-c5ccccc5)ccc3C43C4CC5CC(C4)CC3C5)cccc21. The highest BCUT2D eigenvalue weighted by Gasteiger charge is 2.61. The third-order valence-corrected chi connectivity index (χ3v) is 15.1. The molecule has 56 heavy (non-hydrogen) atoms. The van der Waals surface area contributed by atoms with Crippen LogP contribution in [0.3, 0.4) is 0 Å². The van der Waals surface area contributed by atoms with E-state index in [2.05, 4.69) is 172 Å². The number of fused-ring (bicyclic) bond motifs is 3. The summed E-state index contributed by atoms with van der Waals surface area (Å²) in [5.41, 5.74) is 14.5. The highest BCUT2D eigenvalue weighted by atomic mass is 16.5. The van der Waals surface area contributed by atoms with Crippen LogP contribution in [-0.2, 0) is 16.2 Å². The van der Waals surface area contributed by atoms with E-state index in [9.17, 15) is 0 Å². The van der Waals surface area contributed by atoms with Crippen LogP contribution in [0.4, 0.5) is 17.1 Å². The lowest BCUT2D eigenvalue weighted by Gasteiger charge is -2.63. The lowest BCUT2D eigenvalue weighted by atomic mass is 9.42. The average molecular weight is 732 g/mol. The number of nitrogens with zero attached hydrogens (tertiary/aromatic N) is 1. The third-order valence-electron chi connectivity index (χ3n) is 15.1. The standard InChI is InChI=1S/C54H53NO/c1-52(2)26-27-53(3,4)51-47(52)16-11-17-48(51)55(43-21-18-39(19-22-43)37-12-7-5-8-13-37)44-23-25-46-50(34-44)56-49-33-40(38-14-9-6-10-15-38)20-24-45(49)54(46)41-29-35-28-36(31-41)32-42(54)30-35/h5-25,33-36,41-42H,26-32H2,1-4H3. The zero-order valence-electron chi connectivity index (χ0n) is 33.4. The summed E-state index contributed by atoms with van der Waals surface area (Å²) in [6.45, 7) is 9.77. The molecule has 4 fully saturated rings. The second-order valence-electron chi connectivity index (χ2n) is 19.2. The van der Waals surface area contributed by atoms with Crippen LogP contribution in [0.15, 0.2) is 140 Å². The molecule has 0 saturated heterocycles. The van der Waals surface area contributed by atoms with E-state index in [1.807, 2.05) is 0 Å². The van der Waals surface area contributed by atoms with Crippen molar-refractivity contribution in [2.45, 2.75) is 88.9 Å². The van der Waals surface area contributed by atoms with Gasteiger partial charge in [-0.2, -0.15) is 0 Å². The van der Waals surface area contributed by atoms with Crippen molar-refractivity contribution in [3.8, 4) is 33.8 Å². The molecule has 6 aromatic carbocycles. The van der Waals surface area contributed by atoms with Gasteiger partial charge in [0.15, 0.2) is 0 Å². The summed E-state index contributed by atoms with van der Waals surface area (Å²) in [5, 5.41) is 0. The van der Waals surface area contributed by atoms with Gasteiger partial charge in [0, 0.05) is 34.0 Å². The summed E-state index contributed by atoms with van der Waals surface area (Å²) in [5.74, 6) is 5.17.